The molecule has 0 aromatic heterocycles. The fourth-order valence-corrected chi connectivity index (χ4v) is 1.54. The topological polar surface area (TPSA) is 12.0 Å². The van der Waals surface area contributed by atoms with Crippen LogP contribution in [0.1, 0.15) is 40.0 Å². The molecule has 0 aliphatic rings. The van der Waals surface area contributed by atoms with Gasteiger partial charge < -0.3 is 5.32 Å². The molecule has 0 aromatic rings. The van der Waals surface area contributed by atoms with Gasteiger partial charge >= 0.3 is 0 Å². The molecule has 0 bridgehead atoms. The summed E-state index contributed by atoms with van der Waals surface area (Å²) in [6.45, 7) is 7.89. The number of hydrogen-bond donors (Lipinski definition) is 1. The molecule has 1 N–H and O–H groups in total. The fraction of sp³-hybridized carbons (Fsp3) is 0.818. The Morgan fingerprint density at radius 1 is 1.33 bits per heavy atom. The first-order valence-corrected chi connectivity index (χ1v) is 5.07. The molecule has 0 radical (unpaired) electrons. The van der Waals surface area contributed by atoms with Crippen LogP contribution < -0.4 is 5.32 Å². The molecular formula is C11H23N. The van der Waals surface area contributed by atoms with Crippen LogP contribution in [0.5, 0.6) is 0 Å². The molecule has 1 nitrogen and oxygen atoms in total. The predicted octanol–water partition coefficient (Wildman–Crippen LogP) is 2.98. The minimum atomic E-state index is 0.807. The quantitative estimate of drug-likeness (QED) is 0.476. The van der Waals surface area contributed by atoms with Gasteiger partial charge in [-0.25, -0.2) is 0 Å². The third-order valence-corrected chi connectivity index (χ3v) is 2.49. The maximum atomic E-state index is 3.15. The van der Waals surface area contributed by atoms with Crippen LogP contribution in [0.4, 0.5) is 0 Å². The van der Waals surface area contributed by atoms with Crippen molar-refractivity contribution in [2.45, 2.75) is 40.0 Å². The first kappa shape index (κ1) is 11.7. The van der Waals surface area contributed by atoms with E-state index in [0.29, 0.717) is 0 Å². The van der Waals surface area contributed by atoms with Crippen LogP contribution in [0.25, 0.3) is 0 Å². The van der Waals surface area contributed by atoms with Crippen molar-refractivity contribution >= 4 is 0 Å². The van der Waals surface area contributed by atoms with Gasteiger partial charge in [0.15, 0.2) is 0 Å². The van der Waals surface area contributed by atoms with Crippen LogP contribution in [0.15, 0.2) is 11.6 Å². The second kappa shape index (κ2) is 7.35. The molecule has 0 saturated heterocycles. The van der Waals surface area contributed by atoms with Gasteiger partial charge in [-0.05, 0) is 45.7 Å². The van der Waals surface area contributed by atoms with Gasteiger partial charge in [-0.1, -0.05) is 25.5 Å². The molecule has 0 aliphatic carbocycles. The summed E-state index contributed by atoms with van der Waals surface area (Å²) in [5, 5.41) is 3.15. The van der Waals surface area contributed by atoms with Gasteiger partial charge in [0.1, 0.15) is 0 Å². The van der Waals surface area contributed by atoms with E-state index in [4.69, 9.17) is 0 Å². The lowest BCUT2D eigenvalue weighted by Crippen LogP contribution is -2.07. The zero-order chi connectivity index (χ0) is 9.40. The van der Waals surface area contributed by atoms with Crippen molar-refractivity contribution in [1.29, 1.82) is 0 Å². The van der Waals surface area contributed by atoms with Crippen molar-refractivity contribution in [3.63, 3.8) is 0 Å². The van der Waals surface area contributed by atoms with Crippen LogP contribution in [-0.2, 0) is 0 Å². The molecule has 0 rings (SSSR count). The van der Waals surface area contributed by atoms with Gasteiger partial charge in [0, 0.05) is 0 Å². The van der Waals surface area contributed by atoms with Gasteiger partial charge in [-0.3, -0.25) is 0 Å². The van der Waals surface area contributed by atoms with E-state index in [2.05, 4.69) is 32.2 Å². The molecule has 72 valence electrons. The Balaban J connectivity index is 3.79. The second-order valence-corrected chi connectivity index (χ2v) is 3.35. The number of rotatable bonds is 6. The van der Waals surface area contributed by atoms with Gasteiger partial charge in [0.2, 0.25) is 0 Å². The second-order valence-electron chi connectivity index (χ2n) is 3.35. The number of allylic oxidation sites excluding steroid dienone is 1. The summed E-state index contributed by atoms with van der Waals surface area (Å²) >= 11 is 0. The molecule has 0 spiro atoms. The first-order chi connectivity index (χ1) is 5.76. The Morgan fingerprint density at radius 3 is 2.33 bits per heavy atom. The van der Waals surface area contributed by atoms with Crippen molar-refractivity contribution < 1.29 is 0 Å². The highest BCUT2D eigenvalue weighted by Crippen LogP contribution is 2.18. The van der Waals surface area contributed by atoms with Gasteiger partial charge in [-0.15, -0.1) is 0 Å². The van der Waals surface area contributed by atoms with Gasteiger partial charge in [0.05, 0.1) is 0 Å². The Hall–Kier alpha value is -0.300. The van der Waals surface area contributed by atoms with Crippen LogP contribution in [0, 0.1) is 5.92 Å². The minimum Gasteiger partial charge on any atom is -0.319 e. The first-order valence-electron chi connectivity index (χ1n) is 5.07. The third-order valence-electron chi connectivity index (χ3n) is 2.49. The molecule has 12 heavy (non-hydrogen) atoms. The van der Waals surface area contributed by atoms with E-state index in [-0.39, 0.29) is 0 Å². The third kappa shape index (κ3) is 4.55. The van der Waals surface area contributed by atoms with Crippen LogP contribution in [0.2, 0.25) is 0 Å². The van der Waals surface area contributed by atoms with E-state index in [0.717, 1.165) is 12.5 Å². The van der Waals surface area contributed by atoms with E-state index in [1.807, 2.05) is 7.05 Å². The lowest BCUT2D eigenvalue weighted by atomic mass is 9.94. The van der Waals surface area contributed by atoms with Crippen LogP contribution in [0.3, 0.4) is 0 Å². The van der Waals surface area contributed by atoms with Crippen molar-refractivity contribution in [1.82, 2.24) is 5.32 Å². The molecule has 0 saturated carbocycles. The van der Waals surface area contributed by atoms with E-state index < -0.39 is 0 Å². The zero-order valence-corrected chi connectivity index (χ0v) is 8.98. The Bertz CT molecular complexity index is 123. The average Bonchev–Trinajstić information content (AvgIpc) is 2.07. The number of hydrogen-bond acceptors (Lipinski definition) is 1. The summed E-state index contributed by atoms with van der Waals surface area (Å²) in [6, 6.07) is 0. The highest BCUT2D eigenvalue weighted by Gasteiger charge is 2.03. The average molecular weight is 169 g/mol. The number of nitrogens with one attached hydrogen (secondary N) is 1. The monoisotopic (exact) mass is 169 g/mol. The fourth-order valence-electron chi connectivity index (χ4n) is 1.54. The molecule has 0 aliphatic heterocycles. The highest BCUT2D eigenvalue weighted by molar-refractivity contribution is 5.02. The smallest absolute Gasteiger partial charge is 0.00172 e. The predicted molar refractivity (Wildman–Crippen MR) is 56.4 cm³/mol. The van der Waals surface area contributed by atoms with Crippen molar-refractivity contribution in [3.8, 4) is 0 Å². The Labute approximate surface area is 77.2 Å². The summed E-state index contributed by atoms with van der Waals surface area (Å²) < 4.78 is 0. The largest absolute Gasteiger partial charge is 0.319 e. The SMILES string of the molecule is CCC(CC)C(C)=CCCNC. The molecule has 0 aromatic carbocycles. The van der Waals surface area contributed by atoms with E-state index in [1.165, 1.54) is 19.3 Å². The molecule has 0 atom stereocenters. The van der Waals surface area contributed by atoms with Crippen molar-refractivity contribution in [2.24, 2.45) is 5.92 Å². The van der Waals surface area contributed by atoms with Crippen molar-refractivity contribution in [2.75, 3.05) is 13.6 Å². The lowest BCUT2D eigenvalue weighted by molar-refractivity contribution is 0.568. The standard InChI is InChI=1S/C11H23N/c1-5-11(6-2)10(3)8-7-9-12-4/h8,11-12H,5-7,9H2,1-4H3. The van der Waals surface area contributed by atoms with Crippen LogP contribution >= 0.6 is 0 Å². The van der Waals surface area contributed by atoms with Gasteiger partial charge in [0.25, 0.3) is 0 Å². The molecule has 0 unspecified atom stereocenters. The van der Waals surface area contributed by atoms with E-state index in [1.54, 1.807) is 5.57 Å². The van der Waals surface area contributed by atoms with E-state index >= 15 is 0 Å². The molecule has 1 heteroatoms. The molecule has 0 amide bonds. The minimum absolute atomic E-state index is 0.807. The highest BCUT2D eigenvalue weighted by atomic mass is 14.8. The maximum absolute atomic E-state index is 3.15. The Kier molecular flexibility index (Phi) is 7.17. The molecule has 0 fully saturated rings. The summed E-state index contributed by atoms with van der Waals surface area (Å²) in [7, 11) is 2.00. The van der Waals surface area contributed by atoms with Gasteiger partial charge in [-0.2, -0.15) is 0 Å². The van der Waals surface area contributed by atoms with Crippen LogP contribution in [-0.4, -0.2) is 13.6 Å². The lowest BCUT2D eigenvalue weighted by Gasteiger charge is -2.12. The Morgan fingerprint density at radius 2 is 1.92 bits per heavy atom. The van der Waals surface area contributed by atoms with Crippen molar-refractivity contribution in [3.05, 3.63) is 11.6 Å². The zero-order valence-electron chi connectivity index (χ0n) is 8.98. The molecule has 0 heterocycles. The normalized spacial score (nSPS) is 12.6. The summed E-state index contributed by atoms with van der Waals surface area (Å²) in [4.78, 5) is 0. The maximum Gasteiger partial charge on any atom is -0.00172 e. The summed E-state index contributed by atoms with van der Waals surface area (Å²) in [5.74, 6) is 0.807. The summed E-state index contributed by atoms with van der Waals surface area (Å²) in [5.41, 5.74) is 1.57. The summed E-state index contributed by atoms with van der Waals surface area (Å²) in [6.07, 6.45) is 6.09. The molecular weight excluding hydrogens is 146 g/mol. The van der Waals surface area contributed by atoms with E-state index in [9.17, 15) is 0 Å².